The van der Waals surface area contributed by atoms with Crippen LogP contribution in [0, 0.1) is 0 Å². The molecule has 1 nitrogen and oxygen atoms in total. The van der Waals surface area contributed by atoms with Gasteiger partial charge >= 0.3 is 0 Å². The van der Waals surface area contributed by atoms with Crippen LogP contribution in [0.2, 0.25) is 0 Å². The van der Waals surface area contributed by atoms with E-state index in [1.54, 1.807) is 6.20 Å². The molecule has 2 rings (SSSR count). The van der Waals surface area contributed by atoms with Gasteiger partial charge in [-0.1, -0.05) is 30.3 Å². The van der Waals surface area contributed by atoms with Gasteiger partial charge in [0.15, 0.2) is 0 Å². The van der Waals surface area contributed by atoms with Crippen molar-refractivity contribution < 1.29 is 0 Å². The predicted molar refractivity (Wildman–Crippen MR) is 62.4 cm³/mol. The van der Waals surface area contributed by atoms with Crippen LogP contribution in [0.3, 0.4) is 0 Å². The average molecular weight is 201 g/mol. The maximum Gasteiger partial charge on any atom is 0.0346 e. The van der Waals surface area contributed by atoms with Gasteiger partial charge < -0.3 is 0 Å². The monoisotopic (exact) mass is 201 g/mol. The Balaban J connectivity index is 2.34. The molecule has 0 bridgehead atoms. The number of pyridine rings is 1. The van der Waals surface area contributed by atoms with Crippen LogP contribution < -0.4 is 0 Å². The van der Waals surface area contributed by atoms with E-state index >= 15 is 0 Å². The van der Waals surface area contributed by atoms with Gasteiger partial charge in [-0.25, -0.2) is 0 Å². The summed E-state index contributed by atoms with van der Waals surface area (Å²) >= 11 is 4.22. The molecule has 2 aromatic rings. The second kappa shape index (κ2) is 4.29. The Morgan fingerprint density at radius 3 is 2.36 bits per heavy atom. The molecule has 1 aromatic heterocycles. The van der Waals surface area contributed by atoms with Crippen molar-refractivity contribution >= 4 is 12.6 Å². The molecule has 0 aliphatic carbocycles. The maximum atomic E-state index is 4.22. The molecule has 0 saturated heterocycles. The van der Waals surface area contributed by atoms with Crippen molar-refractivity contribution in [2.24, 2.45) is 0 Å². The van der Waals surface area contributed by atoms with Gasteiger partial charge in [0.05, 0.1) is 0 Å². The lowest BCUT2D eigenvalue weighted by molar-refractivity contribution is 1.33. The van der Waals surface area contributed by atoms with Crippen LogP contribution in [0.1, 0.15) is 5.56 Å². The Morgan fingerprint density at radius 1 is 1.00 bits per heavy atom. The first-order valence-electron chi connectivity index (χ1n) is 4.50. The lowest BCUT2D eigenvalue weighted by Crippen LogP contribution is -1.81. The summed E-state index contributed by atoms with van der Waals surface area (Å²) in [5, 5.41) is 0. The maximum absolute atomic E-state index is 4.22. The zero-order chi connectivity index (χ0) is 9.80. The molecule has 14 heavy (non-hydrogen) atoms. The summed E-state index contributed by atoms with van der Waals surface area (Å²) in [5.41, 5.74) is 3.59. The van der Waals surface area contributed by atoms with Gasteiger partial charge in [-0.15, -0.1) is 0 Å². The van der Waals surface area contributed by atoms with E-state index in [4.69, 9.17) is 0 Å². The van der Waals surface area contributed by atoms with Crippen LogP contribution >= 0.6 is 12.6 Å². The quantitative estimate of drug-likeness (QED) is 0.736. The number of benzene rings is 1. The molecule has 0 radical (unpaired) electrons. The van der Waals surface area contributed by atoms with Crippen molar-refractivity contribution in [1.29, 1.82) is 0 Å². The molecule has 0 aliphatic heterocycles. The third kappa shape index (κ3) is 1.96. The Hall–Kier alpha value is -1.28. The van der Waals surface area contributed by atoms with Gasteiger partial charge in [0.1, 0.15) is 0 Å². The number of nitrogens with zero attached hydrogens (tertiary/aromatic N) is 1. The minimum absolute atomic E-state index is 0.785. The SMILES string of the molecule is SCc1ccc(-c2cccnc2)cc1. The molecular formula is C12H11NS. The molecule has 2 heteroatoms. The highest BCUT2D eigenvalue weighted by Crippen LogP contribution is 2.18. The van der Waals surface area contributed by atoms with Gasteiger partial charge in [0.25, 0.3) is 0 Å². The Morgan fingerprint density at radius 2 is 1.79 bits per heavy atom. The summed E-state index contributed by atoms with van der Waals surface area (Å²) in [5.74, 6) is 0.785. The summed E-state index contributed by atoms with van der Waals surface area (Å²) in [4.78, 5) is 4.09. The van der Waals surface area contributed by atoms with Gasteiger partial charge in [-0.3, -0.25) is 4.98 Å². The van der Waals surface area contributed by atoms with Gasteiger partial charge in [0.2, 0.25) is 0 Å². The zero-order valence-electron chi connectivity index (χ0n) is 7.72. The number of thiol groups is 1. The topological polar surface area (TPSA) is 12.9 Å². The predicted octanol–water partition coefficient (Wildman–Crippen LogP) is 3.18. The molecule has 0 saturated carbocycles. The summed E-state index contributed by atoms with van der Waals surface area (Å²) in [7, 11) is 0. The highest BCUT2D eigenvalue weighted by molar-refractivity contribution is 7.79. The molecule has 0 spiro atoms. The van der Waals surface area contributed by atoms with E-state index in [9.17, 15) is 0 Å². The molecule has 1 heterocycles. The summed E-state index contributed by atoms with van der Waals surface area (Å²) in [6.07, 6.45) is 3.65. The van der Waals surface area contributed by atoms with Gasteiger partial charge in [-0.2, -0.15) is 12.6 Å². The van der Waals surface area contributed by atoms with E-state index in [0.717, 1.165) is 11.3 Å². The molecular weight excluding hydrogens is 190 g/mol. The van der Waals surface area contributed by atoms with E-state index in [1.807, 2.05) is 12.3 Å². The smallest absolute Gasteiger partial charge is 0.0346 e. The fraction of sp³-hybridized carbons (Fsp3) is 0.0833. The molecule has 70 valence electrons. The number of hydrogen-bond donors (Lipinski definition) is 1. The van der Waals surface area contributed by atoms with E-state index in [1.165, 1.54) is 11.1 Å². The van der Waals surface area contributed by atoms with E-state index in [2.05, 4.69) is 47.9 Å². The largest absolute Gasteiger partial charge is 0.264 e. The van der Waals surface area contributed by atoms with Gasteiger partial charge in [0, 0.05) is 18.1 Å². The lowest BCUT2D eigenvalue weighted by atomic mass is 10.1. The van der Waals surface area contributed by atoms with E-state index in [-0.39, 0.29) is 0 Å². The normalized spacial score (nSPS) is 10.1. The van der Waals surface area contributed by atoms with Crippen molar-refractivity contribution in [2.45, 2.75) is 5.75 Å². The third-order valence-corrected chi connectivity index (χ3v) is 2.50. The molecule has 1 aromatic carbocycles. The van der Waals surface area contributed by atoms with Crippen molar-refractivity contribution in [3.8, 4) is 11.1 Å². The van der Waals surface area contributed by atoms with Crippen molar-refractivity contribution in [1.82, 2.24) is 4.98 Å². The van der Waals surface area contributed by atoms with Crippen LogP contribution in [0.15, 0.2) is 48.8 Å². The summed E-state index contributed by atoms with van der Waals surface area (Å²) < 4.78 is 0. The van der Waals surface area contributed by atoms with Gasteiger partial charge in [-0.05, 0) is 22.8 Å². The van der Waals surface area contributed by atoms with Crippen LogP contribution in [0.4, 0.5) is 0 Å². The molecule has 0 amide bonds. The minimum atomic E-state index is 0.785. The number of aromatic nitrogens is 1. The van der Waals surface area contributed by atoms with E-state index < -0.39 is 0 Å². The Bertz CT molecular complexity index is 394. The Kier molecular flexibility index (Phi) is 2.84. The zero-order valence-corrected chi connectivity index (χ0v) is 8.61. The third-order valence-electron chi connectivity index (χ3n) is 2.13. The molecule has 0 atom stereocenters. The first-order valence-corrected chi connectivity index (χ1v) is 5.13. The number of rotatable bonds is 2. The molecule has 0 unspecified atom stereocenters. The highest BCUT2D eigenvalue weighted by Gasteiger charge is 1.96. The van der Waals surface area contributed by atoms with Crippen molar-refractivity contribution in [3.05, 3.63) is 54.4 Å². The molecule has 0 aliphatic rings. The minimum Gasteiger partial charge on any atom is -0.264 e. The summed E-state index contributed by atoms with van der Waals surface area (Å²) in [6, 6.07) is 12.4. The highest BCUT2D eigenvalue weighted by atomic mass is 32.1. The molecule has 0 fully saturated rings. The second-order valence-corrected chi connectivity index (χ2v) is 3.41. The standard InChI is InChI=1S/C12H11NS/c14-9-10-3-5-11(6-4-10)12-2-1-7-13-8-12/h1-8,14H,9H2. The average Bonchev–Trinajstić information content (AvgIpc) is 2.30. The second-order valence-electron chi connectivity index (χ2n) is 3.10. The fourth-order valence-corrected chi connectivity index (χ4v) is 1.55. The lowest BCUT2D eigenvalue weighted by Gasteiger charge is -2.01. The molecule has 0 N–H and O–H groups in total. The van der Waals surface area contributed by atoms with Crippen LogP contribution in [-0.4, -0.2) is 4.98 Å². The number of hydrogen-bond acceptors (Lipinski definition) is 2. The van der Waals surface area contributed by atoms with Crippen molar-refractivity contribution in [2.75, 3.05) is 0 Å². The van der Waals surface area contributed by atoms with E-state index in [0.29, 0.717) is 0 Å². The van der Waals surface area contributed by atoms with Crippen LogP contribution in [0.5, 0.6) is 0 Å². The Labute approximate surface area is 89.2 Å². The van der Waals surface area contributed by atoms with Crippen molar-refractivity contribution in [3.63, 3.8) is 0 Å². The van der Waals surface area contributed by atoms with Crippen LogP contribution in [-0.2, 0) is 5.75 Å². The van der Waals surface area contributed by atoms with Crippen LogP contribution in [0.25, 0.3) is 11.1 Å². The summed E-state index contributed by atoms with van der Waals surface area (Å²) in [6.45, 7) is 0. The first-order chi connectivity index (χ1) is 6.90. The fourth-order valence-electron chi connectivity index (χ4n) is 1.34. The first kappa shape index (κ1) is 9.28.